The number of piperidine rings is 1. The molecule has 1 atom stereocenters. The lowest BCUT2D eigenvalue weighted by atomic mass is 10.0. The van der Waals surface area contributed by atoms with Crippen molar-refractivity contribution >= 4 is 6.03 Å². The van der Waals surface area contributed by atoms with E-state index >= 15 is 0 Å². The van der Waals surface area contributed by atoms with E-state index in [1.165, 1.54) is 51.4 Å². The number of carbonyl (C=O) groups excluding carboxylic acids is 1. The third kappa shape index (κ3) is 3.63. The Balaban J connectivity index is 1.69. The van der Waals surface area contributed by atoms with Gasteiger partial charge in [-0.15, -0.1) is 0 Å². The molecule has 1 saturated carbocycles. The van der Waals surface area contributed by atoms with Crippen LogP contribution in [0.1, 0.15) is 64.7 Å². The quantitative estimate of drug-likeness (QED) is 0.815. The van der Waals surface area contributed by atoms with Gasteiger partial charge in [-0.1, -0.05) is 32.6 Å². The van der Waals surface area contributed by atoms with Crippen molar-refractivity contribution in [1.82, 2.24) is 10.2 Å². The summed E-state index contributed by atoms with van der Waals surface area (Å²) in [4.78, 5) is 14.2. The molecule has 2 fully saturated rings. The molecule has 0 aromatic heterocycles. The second-order valence-corrected chi connectivity index (χ2v) is 5.92. The predicted octanol–water partition coefficient (Wildman–Crippen LogP) is 3.54. The van der Waals surface area contributed by atoms with E-state index in [2.05, 4.69) is 17.1 Å². The van der Waals surface area contributed by atoms with Crippen LogP contribution in [0.15, 0.2) is 0 Å². The molecule has 1 N–H and O–H groups in total. The molecule has 3 heteroatoms. The molecule has 0 bridgehead atoms. The molecule has 1 saturated heterocycles. The van der Waals surface area contributed by atoms with Gasteiger partial charge in [0.1, 0.15) is 0 Å². The van der Waals surface area contributed by atoms with E-state index in [9.17, 15) is 4.79 Å². The van der Waals surface area contributed by atoms with Gasteiger partial charge in [-0.25, -0.2) is 4.79 Å². The standard InChI is InChI=1S/C15H28N2O/c1-2-14-9-5-6-12-17(14)15(18)16-11-10-13-7-3-4-8-13/h13-14H,2-12H2,1H3,(H,16,18). The number of nitrogens with zero attached hydrogens (tertiary/aromatic N) is 1. The highest BCUT2D eigenvalue weighted by Crippen LogP contribution is 2.27. The number of urea groups is 1. The number of likely N-dealkylation sites (tertiary alicyclic amines) is 1. The van der Waals surface area contributed by atoms with Crippen LogP contribution in [0.2, 0.25) is 0 Å². The minimum Gasteiger partial charge on any atom is -0.338 e. The second-order valence-electron chi connectivity index (χ2n) is 5.92. The van der Waals surface area contributed by atoms with Gasteiger partial charge in [0.05, 0.1) is 0 Å². The molecule has 3 nitrogen and oxygen atoms in total. The minimum absolute atomic E-state index is 0.180. The van der Waals surface area contributed by atoms with Gasteiger partial charge >= 0.3 is 6.03 Å². The summed E-state index contributed by atoms with van der Waals surface area (Å²) >= 11 is 0. The summed E-state index contributed by atoms with van der Waals surface area (Å²) in [7, 11) is 0. The van der Waals surface area contributed by atoms with E-state index < -0.39 is 0 Å². The lowest BCUT2D eigenvalue weighted by Crippen LogP contribution is -2.48. The smallest absolute Gasteiger partial charge is 0.317 e. The van der Waals surface area contributed by atoms with Crippen LogP contribution in [0.3, 0.4) is 0 Å². The van der Waals surface area contributed by atoms with Gasteiger partial charge in [-0.05, 0) is 38.0 Å². The van der Waals surface area contributed by atoms with Crippen LogP contribution in [0.25, 0.3) is 0 Å². The molecular weight excluding hydrogens is 224 g/mol. The van der Waals surface area contributed by atoms with Crippen LogP contribution in [-0.4, -0.2) is 30.1 Å². The van der Waals surface area contributed by atoms with Gasteiger partial charge in [0.2, 0.25) is 0 Å². The first-order valence-electron chi connectivity index (χ1n) is 7.85. The van der Waals surface area contributed by atoms with Gasteiger partial charge in [0, 0.05) is 19.1 Å². The summed E-state index contributed by atoms with van der Waals surface area (Å²) in [5, 5.41) is 3.13. The zero-order valence-corrected chi connectivity index (χ0v) is 11.8. The van der Waals surface area contributed by atoms with Gasteiger partial charge in [-0.2, -0.15) is 0 Å². The molecule has 0 spiro atoms. The fraction of sp³-hybridized carbons (Fsp3) is 0.933. The van der Waals surface area contributed by atoms with Crippen molar-refractivity contribution in [2.75, 3.05) is 13.1 Å². The van der Waals surface area contributed by atoms with Gasteiger partial charge < -0.3 is 10.2 Å². The Morgan fingerprint density at radius 3 is 2.61 bits per heavy atom. The fourth-order valence-electron chi connectivity index (χ4n) is 3.48. The average molecular weight is 252 g/mol. The second kappa shape index (κ2) is 7.01. The third-order valence-electron chi connectivity index (χ3n) is 4.66. The largest absolute Gasteiger partial charge is 0.338 e. The van der Waals surface area contributed by atoms with Crippen LogP contribution in [0.5, 0.6) is 0 Å². The van der Waals surface area contributed by atoms with Gasteiger partial charge in [-0.3, -0.25) is 0 Å². The molecule has 2 rings (SSSR count). The minimum atomic E-state index is 0.180. The molecule has 2 amide bonds. The summed E-state index contributed by atoms with van der Waals surface area (Å²) in [6.07, 6.45) is 11.4. The lowest BCUT2D eigenvalue weighted by Gasteiger charge is -2.35. The lowest BCUT2D eigenvalue weighted by molar-refractivity contribution is 0.148. The molecule has 18 heavy (non-hydrogen) atoms. The van der Waals surface area contributed by atoms with Crippen LogP contribution < -0.4 is 5.32 Å². The van der Waals surface area contributed by atoms with E-state index in [0.29, 0.717) is 6.04 Å². The molecule has 1 unspecified atom stereocenters. The van der Waals surface area contributed by atoms with Crippen molar-refractivity contribution in [3.05, 3.63) is 0 Å². The van der Waals surface area contributed by atoms with E-state index in [4.69, 9.17) is 0 Å². The van der Waals surface area contributed by atoms with E-state index in [0.717, 1.165) is 25.4 Å². The van der Waals surface area contributed by atoms with Crippen LogP contribution >= 0.6 is 0 Å². The fourth-order valence-corrected chi connectivity index (χ4v) is 3.48. The molecule has 104 valence electrons. The molecule has 1 aliphatic heterocycles. The van der Waals surface area contributed by atoms with Crippen LogP contribution in [0, 0.1) is 5.92 Å². The highest BCUT2D eigenvalue weighted by atomic mass is 16.2. The number of nitrogens with one attached hydrogen (secondary N) is 1. The number of hydrogen-bond donors (Lipinski definition) is 1. The van der Waals surface area contributed by atoms with Crippen LogP contribution in [0.4, 0.5) is 4.79 Å². The predicted molar refractivity (Wildman–Crippen MR) is 74.6 cm³/mol. The first-order valence-corrected chi connectivity index (χ1v) is 7.85. The van der Waals surface area contributed by atoms with Gasteiger partial charge in [0.25, 0.3) is 0 Å². The molecule has 0 aromatic rings. The molecule has 0 radical (unpaired) electrons. The summed E-state index contributed by atoms with van der Waals surface area (Å²) in [5.74, 6) is 0.869. The topological polar surface area (TPSA) is 32.3 Å². The molecular formula is C15H28N2O. The maximum absolute atomic E-state index is 12.2. The number of amides is 2. The third-order valence-corrected chi connectivity index (χ3v) is 4.66. The molecule has 2 aliphatic rings. The maximum Gasteiger partial charge on any atom is 0.317 e. The Kier molecular flexibility index (Phi) is 5.33. The Bertz CT molecular complexity index is 261. The molecule has 0 aromatic carbocycles. The summed E-state index contributed by atoms with van der Waals surface area (Å²) in [6, 6.07) is 0.657. The summed E-state index contributed by atoms with van der Waals surface area (Å²) in [5.41, 5.74) is 0. The van der Waals surface area contributed by atoms with Crippen LogP contribution in [-0.2, 0) is 0 Å². The average Bonchev–Trinajstić information content (AvgIpc) is 2.91. The monoisotopic (exact) mass is 252 g/mol. The van der Waals surface area contributed by atoms with Gasteiger partial charge in [0.15, 0.2) is 0 Å². The Hall–Kier alpha value is -0.730. The number of carbonyl (C=O) groups is 1. The number of hydrogen-bond acceptors (Lipinski definition) is 1. The van der Waals surface area contributed by atoms with Crippen molar-refractivity contribution in [2.45, 2.75) is 70.8 Å². The Morgan fingerprint density at radius 1 is 1.17 bits per heavy atom. The Morgan fingerprint density at radius 2 is 1.89 bits per heavy atom. The van der Waals surface area contributed by atoms with Crippen molar-refractivity contribution in [2.24, 2.45) is 5.92 Å². The highest BCUT2D eigenvalue weighted by molar-refractivity contribution is 5.74. The first-order chi connectivity index (χ1) is 8.81. The summed E-state index contributed by atoms with van der Waals surface area (Å²) < 4.78 is 0. The first kappa shape index (κ1) is 13.7. The zero-order chi connectivity index (χ0) is 12.8. The maximum atomic E-state index is 12.2. The van der Waals surface area contributed by atoms with Crippen molar-refractivity contribution < 1.29 is 4.79 Å². The summed E-state index contributed by atoms with van der Waals surface area (Å²) in [6.45, 7) is 4.01. The highest BCUT2D eigenvalue weighted by Gasteiger charge is 2.25. The Labute approximate surface area is 111 Å². The van der Waals surface area contributed by atoms with Crippen molar-refractivity contribution in [1.29, 1.82) is 0 Å². The number of rotatable bonds is 4. The SMILES string of the molecule is CCC1CCCCN1C(=O)NCCC1CCCC1. The van der Waals surface area contributed by atoms with E-state index in [-0.39, 0.29) is 6.03 Å². The molecule has 1 heterocycles. The van der Waals surface area contributed by atoms with Crippen molar-refractivity contribution in [3.63, 3.8) is 0 Å². The molecule has 1 aliphatic carbocycles. The van der Waals surface area contributed by atoms with E-state index in [1.54, 1.807) is 0 Å². The zero-order valence-electron chi connectivity index (χ0n) is 11.8. The van der Waals surface area contributed by atoms with E-state index in [1.807, 2.05) is 0 Å². The normalized spacial score (nSPS) is 25.4. The van der Waals surface area contributed by atoms with Crippen molar-refractivity contribution in [3.8, 4) is 0 Å².